The normalized spacial score (nSPS) is 10.9. The fraction of sp³-hybridized carbons (Fsp3) is 0.333. The van der Waals surface area contributed by atoms with E-state index in [-0.39, 0.29) is 5.82 Å². The van der Waals surface area contributed by atoms with E-state index in [2.05, 4.69) is 29.4 Å². The van der Waals surface area contributed by atoms with E-state index in [1.807, 2.05) is 0 Å². The molecule has 3 nitrogen and oxygen atoms in total. The third-order valence-electron chi connectivity index (χ3n) is 2.06. The molecule has 0 amide bonds. The summed E-state index contributed by atoms with van der Waals surface area (Å²) in [7, 11) is 0. The Labute approximate surface area is 114 Å². The number of benzene rings is 1. The van der Waals surface area contributed by atoms with Crippen molar-refractivity contribution in [3.8, 4) is 0 Å². The van der Waals surface area contributed by atoms with Gasteiger partial charge < -0.3 is 5.32 Å². The van der Waals surface area contributed by atoms with Crippen LogP contribution < -0.4 is 5.32 Å². The maximum Gasteiger partial charge on any atom is 0.210 e. The monoisotopic (exact) mass is 283 g/mol. The van der Waals surface area contributed by atoms with Crippen molar-refractivity contribution in [1.82, 2.24) is 10.2 Å². The molecule has 1 aromatic carbocycles. The minimum Gasteiger partial charge on any atom is -0.328 e. The fourth-order valence-electron chi connectivity index (χ4n) is 1.23. The lowest BCUT2D eigenvalue weighted by Gasteiger charge is -2.02. The Morgan fingerprint density at radius 2 is 2.11 bits per heavy atom. The lowest BCUT2D eigenvalue weighted by atomic mass is 10.3. The van der Waals surface area contributed by atoms with Gasteiger partial charge in [-0.05, 0) is 18.1 Å². The van der Waals surface area contributed by atoms with E-state index in [4.69, 9.17) is 0 Å². The maximum atomic E-state index is 13.4. The molecule has 1 N–H and O–H groups in total. The summed E-state index contributed by atoms with van der Waals surface area (Å²) in [6, 6.07) is 6.53. The maximum absolute atomic E-state index is 13.4. The Bertz CT molecular complexity index is 514. The van der Waals surface area contributed by atoms with Crippen molar-refractivity contribution < 1.29 is 4.39 Å². The first-order valence-corrected chi connectivity index (χ1v) is 7.43. The first-order chi connectivity index (χ1) is 8.65. The van der Waals surface area contributed by atoms with Crippen LogP contribution in [-0.2, 0) is 0 Å². The number of nitrogens with one attached hydrogen (secondary N) is 1. The van der Waals surface area contributed by atoms with Gasteiger partial charge in [-0.3, -0.25) is 0 Å². The molecular formula is C12H14FN3S2. The topological polar surface area (TPSA) is 37.8 Å². The minimum absolute atomic E-state index is 0.288. The van der Waals surface area contributed by atoms with Gasteiger partial charge in [-0.25, -0.2) is 4.39 Å². The Kier molecular flexibility index (Phi) is 4.54. The van der Waals surface area contributed by atoms with Gasteiger partial charge in [-0.1, -0.05) is 49.1 Å². The van der Waals surface area contributed by atoms with E-state index in [0.717, 1.165) is 10.1 Å². The predicted octanol–water partition coefficient (Wildman–Crippen LogP) is 4.17. The third kappa shape index (κ3) is 3.68. The first kappa shape index (κ1) is 13.3. The molecule has 6 heteroatoms. The van der Waals surface area contributed by atoms with Crippen LogP contribution in [0.25, 0.3) is 0 Å². The number of hydrogen-bond donors (Lipinski definition) is 1. The molecule has 1 aromatic heterocycles. The molecule has 18 heavy (non-hydrogen) atoms. The summed E-state index contributed by atoms with van der Waals surface area (Å²) in [6.07, 6.45) is 0. The standard InChI is InChI=1S/C12H14FN3S2/c1-8(2)7-17-12-16-15-11(18-12)14-10-6-4-3-5-9(10)13/h3-6,8H,7H2,1-2H3,(H,14,15). The molecule has 0 aliphatic heterocycles. The van der Waals surface area contributed by atoms with Gasteiger partial charge in [0.05, 0.1) is 5.69 Å². The summed E-state index contributed by atoms with van der Waals surface area (Å²) >= 11 is 3.12. The van der Waals surface area contributed by atoms with Crippen molar-refractivity contribution in [3.63, 3.8) is 0 Å². The molecule has 0 fully saturated rings. The number of halogens is 1. The van der Waals surface area contributed by atoms with E-state index in [0.29, 0.717) is 16.7 Å². The number of thioether (sulfide) groups is 1. The zero-order valence-electron chi connectivity index (χ0n) is 10.2. The van der Waals surface area contributed by atoms with Crippen LogP contribution in [0.15, 0.2) is 28.6 Å². The summed E-state index contributed by atoms with van der Waals surface area (Å²) in [5, 5.41) is 11.6. The van der Waals surface area contributed by atoms with E-state index in [1.165, 1.54) is 17.4 Å². The van der Waals surface area contributed by atoms with Gasteiger partial charge in [-0.2, -0.15) is 0 Å². The average molecular weight is 283 g/mol. The lowest BCUT2D eigenvalue weighted by molar-refractivity contribution is 0.632. The number of rotatable bonds is 5. The van der Waals surface area contributed by atoms with Gasteiger partial charge >= 0.3 is 0 Å². The minimum atomic E-state index is -0.288. The van der Waals surface area contributed by atoms with Crippen LogP contribution in [0, 0.1) is 11.7 Å². The molecule has 96 valence electrons. The summed E-state index contributed by atoms with van der Waals surface area (Å²) in [5.74, 6) is 1.33. The highest BCUT2D eigenvalue weighted by Crippen LogP contribution is 2.29. The molecule has 0 aliphatic rings. The molecule has 0 spiro atoms. The zero-order valence-corrected chi connectivity index (χ0v) is 11.8. The van der Waals surface area contributed by atoms with Crippen molar-refractivity contribution in [2.75, 3.05) is 11.1 Å². The second kappa shape index (κ2) is 6.15. The average Bonchev–Trinajstić information content (AvgIpc) is 2.77. The van der Waals surface area contributed by atoms with Gasteiger partial charge in [0, 0.05) is 5.75 Å². The zero-order chi connectivity index (χ0) is 13.0. The highest BCUT2D eigenvalue weighted by molar-refractivity contribution is 8.01. The van der Waals surface area contributed by atoms with Gasteiger partial charge in [-0.15, -0.1) is 10.2 Å². The van der Waals surface area contributed by atoms with Crippen LogP contribution in [0.4, 0.5) is 15.2 Å². The summed E-state index contributed by atoms with van der Waals surface area (Å²) in [5.41, 5.74) is 0.425. The van der Waals surface area contributed by atoms with Crippen LogP contribution in [0.3, 0.4) is 0 Å². The largest absolute Gasteiger partial charge is 0.328 e. The number of para-hydroxylation sites is 1. The molecule has 1 heterocycles. The molecular weight excluding hydrogens is 269 g/mol. The summed E-state index contributed by atoms with van der Waals surface area (Å²) in [6.45, 7) is 4.32. The highest BCUT2D eigenvalue weighted by Gasteiger charge is 2.07. The van der Waals surface area contributed by atoms with Crippen molar-refractivity contribution in [2.45, 2.75) is 18.2 Å². The van der Waals surface area contributed by atoms with Crippen LogP contribution in [0.5, 0.6) is 0 Å². The quantitative estimate of drug-likeness (QED) is 0.836. The Balaban J connectivity index is 2.00. The molecule has 0 unspecified atom stereocenters. The molecule has 0 atom stereocenters. The van der Waals surface area contributed by atoms with E-state index in [1.54, 1.807) is 30.0 Å². The lowest BCUT2D eigenvalue weighted by Crippen LogP contribution is -1.92. The number of anilines is 2. The van der Waals surface area contributed by atoms with E-state index in [9.17, 15) is 4.39 Å². The van der Waals surface area contributed by atoms with Crippen molar-refractivity contribution in [2.24, 2.45) is 5.92 Å². The molecule has 0 radical (unpaired) electrons. The van der Waals surface area contributed by atoms with Crippen LogP contribution in [-0.4, -0.2) is 16.0 Å². The van der Waals surface area contributed by atoms with Crippen molar-refractivity contribution in [1.29, 1.82) is 0 Å². The molecule has 0 aliphatic carbocycles. The SMILES string of the molecule is CC(C)CSc1nnc(Nc2ccccc2F)s1. The van der Waals surface area contributed by atoms with Crippen molar-refractivity contribution >= 4 is 33.9 Å². The molecule has 0 bridgehead atoms. The third-order valence-corrected chi connectivity index (χ3v) is 4.46. The van der Waals surface area contributed by atoms with Gasteiger partial charge in [0.15, 0.2) is 4.34 Å². The van der Waals surface area contributed by atoms with Crippen LogP contribution in [0.2, 0.25) is 0 Å². The van der Waals surface area contributed by atoms with E-state index >= 15 is 0 Å². The molecule has 0 saturated heterocycles. The highest BCUT2D eigenvalue weighted by atomic mass is 32.2. The van der Waals surface area contributed by atoms with Crippen molar-refractivity contribution in [3.05, 3.63) is 30.1 Å². The fourth-order valence-corrected chi connectivity index (χ4v) is 2.98. The summed E-state index contributed by atoms with van der Waals surface area (Å²) in [4.78, 5) is 0. The first-order valence-electron chi connectivity index (χ1n) is 5.63. The second-order valence-corrected chi connectivity index (χ2v) is 6.43. The Hall–Kier alpha value is -1.14. The number of hydrogen-bond acceptors (Lipinski definition) is 5. The molecule has 2 aromatic rings. The number of aromatic nitrogens is 2. The van der Waals surface area contributed by atoms with Crippen LogP contribution in [0.1, 0.15) is 13.8 Å². The van der Waals surface area contributed by atoms with Gasteiger partial charge in [0.2, 0.25) is 5.13 Å². The molecule has 2 rings (SSSR count). The second-order valence-electron chi connectivity index (χ2n) is 4.18. The van der Waals surface area contributed by atoms with Gasteiger partial charge in [0.25, 0.3) is 0 Å². The number of nitrogens with zero attached hydrogens (tertiary/aromatic N) is 2. The van der Waals surface area contributed by atoms with Crippen LogP contribution >= 0.6 is 23.1 Å². The Morgan fingerprint density at radius 3 is 2.83 bits per heavy atom. The predicted molar refractivity (Wildman–Crippen MR) is 75.2 cm³/mol. The smallest absolute Gasteiger partial charge is 0.210 e. The van der Waals surface area contributed by atoms with E-state index < -0.39 is 0 Å². The molecule has 0 saturated carbocycles. The summed E-state index contributed by atoms with van der Waals surface area (Å²) < 4.78 is 14.3. The Morgan fingerprint density at radius 1 is 1.33 bits per heavy atom. The van der Waals surface area contributed by atoms with Gasteiger partial charge in [0.1, 0.15) is 5.82 Å².